The fourth-order valence-electron chi connectivity index (χ4n) is 4.03. The molecule has 0 aliphatic heterocycles. The lowest BCUT2D eigenvalue weighted by molar-refractivity contribution is -0.0171. The van der Waals surface area contributed by atoms with Gasteiger partial charge in [-0.2, -0.15) is 0 Å². The molecule has 2 unspecified atom stereocenters. The van der Waals surface area contributed by atoms with Gasteiger partial charge in [-0.1, -0.05) is 66.7 Å². The molecule has 0 bridgehead atoms. The van der Waals surface area contributed by atoms with E-state index < -0.39 is 0 Å². The topological polar surface area (TPSA) is 29.5 Å². The monoisotopic (exact) mass is 336 g/mol. The fraction of sp³-hybridized carbons (Fsp3) is 0.391. The van der Waals surface area contributed by atoms with Gasteiger partial charge in [0.1, 0.15) is 0 Å². The third-order valence-corrected chi connectivity index (χ3v) is 5.39. The van der Waals surface area contributed by atoms with Crippen LogP contribution in [-0.2, 0) is 16.8 Å². The Bertz CT molecular complexity index is 707. The van der Waals surface area contributed by atoms with E-state index in [9.17, 15) is 5.11 Å². The molecule has 1 aliphatic carbocycles. The van der Waals surface area contributed by atoms with Crippen molar-refractivity contribution in [1.29, 1.82) is 0 Å². The van der Waals surface area contributed by atoms with Crippen LogP contribution in [-0.4, -0.2) is 17.8 Å². The molecule has 0 heterocycles. The van der Waals surface area contributed by atoms with Crippen molar-refractivity contribution < 1.29 is 9.84 Å². The highest BCUT2D eigenvalue weighted by atomic mass is 16.5. The number of benzene rings is 2. The molecule has 25 heavy (non-hydrogen) atoms. The Hall–Kier alpha value is -1.90. The zero-order valence-electron chi connectivity index (χ0n) is 15.1. The van der Waals surface area contributed by atoms with Crippen LogP contribution >= 0.6 is 0 Å². The molecule has 3 rings (SSSR count). The maximum absolute atomic E-state index is 10.3. The maximum atomic E-state index is 10.3. The molecule has 0 saturated heterocycles. The SMILES string of the molecule is C=C(C)c1ccccc1C1(CO)CCCC(OCc2ccccc2)C1. The van der Waals surface area contributed by atoms with Crippen LogP contribution in [0.25, 0.3) is 5.57 Å². The first-order valence-electron chi connectivity index (χ1n) is 9.16. The van der Waals surface area contributed by atoms with Gasteiger partial charge in [-0.3, -0.25) is 0 Å². The van der Waals surface area contributed by atoms with Crippen molar-refractivity contribution in [2.75, 3.05) is 6.61 Å². The Morgan fingerprint density at radius 3 is 2.60 bits per heavy atom. The molecule has 0 radical (unpaired) electrons. The number of aliphatic hydroxyl groups is 1. The molecular weight excluding hydrogens is 308 g/mol. The Morgan fingerprint density at radius 1 is 1.16 bits per heavy atom. The number of hydrogen-bond acceptors (Lipinski definition) is 2. The van der Waals surface area contributed by atoms with Crippen LogP contribution in [0.2, 0.25) is 0 Å². The van der Waals surface area contributed by atoms with Crippen molar-refractivity contribution in [3.05, 3.63) is 77.9 Å². The molecule has 2 heteroatoms. The molecule has 0 amide bonds. The average molecular weight is 336 g/mol. The summed E-state index contributed by atoms with van der Waals surface area (Å²) >= 11 is 0. The summed E-state index contributed by atoms with van der Waals surface area (Å²) in [6, 6.07) is 18.7. The van der Waals surface area contributed by atoms with Crippen LogP contribution in [0.5, 0.6) is 0 Å². The number of hydrogen-bond donors (Lipinski definition) is 1. The number of ether oxygens (including phenoxy) is 1. The normalized spacial score (nSPS) is 23.4. The van der Waals surface area contributed by atoms with Gasteiger partial charge in [0.2, 0.25) is 0 Å². The van der Waals surface area contributed by atoms with E-state index in [0.29, 0.717) is 6.61 Å². The fourth-order valence-corrected chi connectivity index (χ4v) is 4.03. The lowest BCUT2D eigenvalue weighted by Gasteiger charge is -2.41. The summed E-state index contributed by atoms with van der Waals surface area (Å²) in [4.78, 5) is 0. The van der Waals surface area contributed by atoms with Crippen molar-refractivity contribution in [2.24, 2.45) is 0 Å². The van der Waals surface area contributed by atoms with Crippen LogP contribution in [0.1, 0.15) is 49.3 Å². The molecule has 0 aromatic heterocycles. The van der Waals surface area contributed by atoms with Crippen molar-refractivity contribution in [3.63, 3.8) is 0 Å². The van der Waals surface area contributed by atoms with Gasteiger partial charge in [-0.05, 0) is 49.3 Å². The lowest BCUT2D eigenvalue weighted by atomic mass is 9.67. The Balaban J connectivity index is 1.78. The standard InChI is InChI=1S/C23H28O2/c1-18(2)21-12-6-7-13-22(21)23(17-24)14-8-11-20(15-23)25-16-19-9-4-3-5-10-19/h3-7,9-10,12-13,20,24H,1,8,11,14-17H2,2H3. The largest absolute Gasteiger partial charge is 0.395 e. The minimum atomic E-state index is -0.227. The van der Waals surface area contributed by atoms with E-state index >= 15 is 0 Å². The van der Waals surface area contributed by atoms with Crippen molar-refractivity contribution in [2.45, 2.75) is 50.7 Å². The summed E-state index contributed by atoms with van der Waals surface area (Å²) in [6.07, 6.45) is 4.17. The van der Waals surface area contributed by atoms with E-state index in [1.54, 1.807) is 0 Å². The van der Waals surface area contributed by atoms with E-state index in [1.807, 2.05) is 31.2 Å². The van der Waals surface area contributed by atoms with E-state index in [4.69, 9.17) is 4.74 Å². The summed E-state index contributed by atoms with van der Waals surface area (Å²) in [5, 5.41) is 10.3. The first-order valence-corrected chi connectivity index (χ1v) is 9.16. The quantitative estimate of drug-likeness (QED) is 0.794. The Labute approximate surface area is 151 Å². The zero-order valence-corrected chi connectivity index (χ0v) is 15.1. The van der Waals surface area contributed by atoms with Gasteiger partial charge >= 0.3 is 0 Å². The summed E-state index contributed by atoms with van der Waals surface area (Å²) < 4.78 is 6.21. The van der Waals surface area contributed by atoms with Gasteiger partial charge in [0.25, 0.3) is 0 Å². The van der Waals surface area contributed by atoms with Crippen LogP contribution < -0.4 is 0 Å². The van der Waals surface area contributed by atoms with E-state index in [2.05, 4.69) is 36.9 Å². The van der Waals surface area contributed by atoms with Gasteiger partial charge in [0, 0.05) is 5.41 Å². The molecule has 1 aliphatic rings. The minimum absolute atomic E-state index is 0.155. The smallest absolute Gasteiger partial charge is 0.0720 e. The van der Waals surface area contributed by atoms with Gasteiger partial charge in [-0.15, -0.1) is 0 Å². The predicted molar refractivity (Wildman–Crippen MR) is 103 cm³/mol. The zero-order chi connectivity index (χ0) is 17.7. The second-order valence-corrected chi connectivity index (χ2v) is 7.28. The summed E-state index contributed by atoms with van der Waals surface area (Å²) in [5.41, 5.74) is 4.41. The van der Waals surface area contributed by atoms with E-state index in [1.165, 1.54) is 16.7 Å². The van der Waals surface area contributed by atoms with Gasteiger partial charge in [-0.25, -0.2) is 0 Å². The third kappa shape index (κ3) is 4.02. The molecule has 0 spiro atoms. The Kier molecular flexibility index (Phi) is 5.72. The summed E-state index contributed by atoms with van der Waals surface area (Å²) in [6.45, 7) is 6.96. The molecule has 1 fully saturated rings. The van der Waals surface area contributed by atoms with Crippen LogP contribution in [0.15, 0.2) is 61.2 Å². The summed E-state index contributed by atoms with van der Waals surface area (Å²) in [7, 11) is 0. The highest BCUT2D eigenvalue weighted by Gasteiger charge is 2.39. The first-order chi connectivity index (χ1) is 12.1. The van der Waals surface area contributed by atoms with Crippen LogP contribution in [0.4, 0.5) is 0 Å². The number of aliphatic hydroxyl groups excluding tert-OH is 1. The summed E-state index contributed by atoms with van der Waals surface area (Å²) in [5.74, 6) is 0. The molecule has 1 saturated carbocycles. The van der Waals surface area contributed by atoms with E-state index in [-0.39, 0.29) is 18.1 Å². The molecule has 2 atom stereocenters. The molecule has 2 nitrogen and oxygen atoms in total. The number of allylic oxidation sites excluding steroid dienone is 1. The van der Waals surface area contributed by atoms with Gasteiger partial charge in [0.05, 0.1) is 19.3 Å². The van der Waals surface area contributed by atoms with Crippen LogP contribution in [0, 0.1) is 0 Å². The minimum Gasteiger partial charge on any atom is -0.395 e. The average Bonchev–Trinajstić information content (AvgIpc) is 2.67. The first kappa shape index (κ1) is 17.9. The molecule has 2 aromatic carbocycles. The van der Waals surface area contributed by atoms with Gasteiger partial charge in [0.15, 0.2) is 0 Å². The van der Waals surface area contributed by atoms with Crippen molar-refractivity contribution in [3.8, 4) is 0 Å². The highest BCUT2D eigenvalue weighted by molar-refractivity contribution is 5.66. The molecule has 2 aromatic rings. The third-order valence-electron chi connectivity index (χ3n) is 5.39. The highest BCUT2D eigenvalue weighted by Crippen LogP contribution is 2.42. The lowest BCUT2D eigenvalue weighted by Crippen LogP contribution is -2.40. The number of rotatable bonds is 6. The second kappa shape index (κ2) is 7.99. The molecule has 132 valence electrons. The van der Waals surface area contributed by atoms with Crippen LogP contribution in [0.3, 0.4) is 0 Å². The second-order valence-electron chi connectivity index (χ2n) is 7.28. The molecular formula is C23H28O2. The predicted octanol–water partition coefficient (Wildman–Crippen LogP) is 5.11. The molecule has 1 N–H and O–H groups in total. The van der Waals surface area contributed by atoms with E-state index in [0.717, 1.165) is 31.3 Å². The van der Waals surface area contributed by atoms with Crippen molar-refractivity contribution >= 4 is 5.57 Å². The Morgan fingerprint density at radius 2 is 1.88 bits per heavy atom. The maximum Gasteiger partial charge on any atom is 0.0720 e. The van der Waals surface area contributed by atoms with Gasteiger partial charge < -0.3 is 9.84 Å². The van der Waals surface area contributed by atoms with Crippen molar-refractivity contribution in [1.82, 2.24) is 0 Å².